The first-order valence-corrected chi connectivity index (χ1v) is 9.27. The molecule has 0 spiro atoms. The predicted molar refractivity (Wildman–Crippen MR) is 107 cm³/mol. The summed E-state index contributed by atoms with van der Waals surface area (Å²) in [6.45, 7) is 3.91. The van der Waals surface area contributed by atoms with Gasteiger partial charge in [0.1, 0.15) is 0 Å². The van der Waals surface area contributed by atoms with Crippen molar-refractivity contribution >= 4 is 35.6 Å². The molecule has 1 aliphatic rings. The van der Waals surface area contributed by atoms with Crippen LogP contribution in [0.5, 0.6) is 0 Å². The van der Waals surface area contributed by atoms with Gasteiger partial charge in [0.05, 0.1) is 11.4 Å². The van der Waals surface area contributed by atoms with E-state index in [-0.39, 0.29) is 36.1 Å². The van der Waals surface area contributed by atoms with Crippen LogP contribution in [-0.2, 0) is 11.3 Å². The minimum Gasteiger partial charge on any atom is -0.351 e. The molecule has 2 amide bonds. The van der Waals surface area contributed by atoms with Crippen molar-refractivity contribution in [3.8, 4) is 0 Å². The Balaban J connectivity index is 0.00000243. The molecule has 2 atom stereocenters. The van der Waals surface area contributed by atoms with Gasteiger partial charge < -0.3 is 16.0 Å². The molecule has 1 saturated heterocycles. The molecule has 140 valence electrons. The molecular weight excluding hydrogens is 370 g/mol. The van der Waals surface area contributed by atoms with Gasteiger partial charge in [-0.3, -0.25) is 9.59 Å². The van der Waals surface area contributed by atoms with E-state index in [2.05, 4.69) is 17.4 Å². The lowest BCUT2D eigenvalue weighted by atomic mass is 9.89. The summed E-state index contributed by atoms with van der Waals surface area (Å²) < 4.78 is 0. The Morgan fingerprint density at radius 1 is 1.19 bits per heavy atom. The van der Waals surface area contributed by atoms with Crippen molar-refractivity contribution in [2.24, 2.45) is 11.7 Å². The molecule has 1 aromatic heterocycles. The maximum absolute atomic E-state index is 12.8. The highest BCUT2D eigenvalue weighted by Crippen LogP contribution is 2.33. The standard InChI is InChI=1S/C19H23N3O2S.ClH/c1-13(23)21-10-16-7-8-18(25-16)19(24)22-11-15(9-20)17(12-22)14-5-3-2-4-6-14;/h2-8,15,17H,9-12,20H2,1H3,(H,21,23);1H/t15-,17+;/m1./s1. The van der Waals surface area contributed by atoms with Crippen molar-refractivity contribution in [1.29, 1.82) is 0 Å². The summed E-state index contributed by atoms with van der Waals surface area (Å²) in [5.74, 6) is 0.549. The molecule has 2 aromatic rings. The smallest absolute Gasteiger partial charge is 0.263 e. The van der Waals surface area contributed by atoms with Gasteiger partial charge in [0.15, 0.2) is 0 Å². The fourth-order valence-corrected chi connectivity index (χ4v) is 4.22. The second-order valence-corrected chi connectivity index (χ2v) is 7.57. The van der Waals surface area contributed by atoms with E-state index in [4.69, 9.17) is 5.73 Å². The number of nitrogens with one attached hydrogen (secondary N) is 1. The molecule has 26 heavy (non-hydrogen) atoms. The zero-order valence-electron chi connectivity index (χ0n) is 14.7. The zero-order valence-corrected chi connectivity index (χ0v) is 16.3. The molecule has 2 heterocycles. The Morgan fingerprint density at radius 2 is 1.92 bits per heavy atom. The molecule has 3 N–H and O–H groups in total. The Hall–Kier alpha value is -1.89. The number of carbonyl (C=O) groups is 2. The van der Waals surface area contributed by atoms with Crippen molar-refractivity contribution in [3.05, 3.63) is 57.8 Å². The SMILES string of the molecule is CC(=O)NCc1ccc(C(=O)N2C[C@@H](CN)[C@H](c3ccccc3)C2)s1.Cl. The molecule has 5 nitrogen and oxygen atoms in total. The molecule has 3 rings (SSSR count). The number of thiophene rings is 1. The number of nitrogens with zero attached hydrogens (tertiary/aromatic N) is 1. The summed E-state index contributed by atoms with van der Waals surface area (Å²) in [5, 5.41) is 2.76. The fraction of sp³-hybridized carbons (Fsp3) is 0.368. The molecule has 0 unspecified atom stereocenters. The first kappa shape index (κ1) is 20.4. The maximum atomic E-state index is 12.8. The van der Waals surface area contributed by atoms with Gasteiger partial charge in [-0.05, 0) is 30.2 Å². The van der Waals surface area contributed by atoms with Crippen molar-refractivity contribution in [2.45, 2.75) is 19.4 Å². The molecule has 1 aliphatic heterocycles. The molecule has 1 fully saturated rings. The number of amides is 2. The largest absolute Gasteiger partial charge is 0.351 e. The first-order valence-electron chi connectivity index (χ1n) is 8.46. The van der Waals surface area contributed by atoms with Crippen LogP contribution in [0.2, 0.25) is 0 Å². The monoisotopic (exact) mass is 393 g/mol. The molecule has 0 bridgehead atoms. The Bertz CT molecular complexity index is 750. The quantitative estimate of drug-likeness (QED) is 0.819. The minimum atomic E-state index is -0.0719. The van der Waals surface area contributed by atoms with Crippen LogP contribution >= 0.6 is 23.7 Å². The Kier molecular flexibility index (Phi) is 7.20. The van der Waals surface area contributed by atoms with Gasteiger partial charge in [0.2, 0.25) is 5.91 Å². The highest BCUT2D eigenvalue weighted by molar-refractivity contribution is 7.14. The third-order valence-corrected chi connectivity index (χ3v) is 5.72. The molecule has 1 aromatic carbocycles. The fourth-order valence-electron chi connectivity index (χ4n) is 3.31. The molecule has 0 radical (unpaired) electrons. The average Bonchev–Trinajstić information content (AvgIpc) is 3.27. The van der Waals surface area contributed by atoms with E-state index in [0.29, 0.717) is 31.1 Å². The van der Waals surface area contributed by atoms with Crippen LogP contribution in [0.15, 0.2) is 42.5 Å². The van der Waals surface area contributed by atoms with E-state index in [1.165, 1.54) is 23.8 Å². The van der Waals surface area contributed by atoms with Crippen molar-refractivity contribution < 1.29 is 9.59 Å². The van der Waals surface area contributed by atoms with E-state index in [0.717, 1.165) is 4.88 Å². The lowest BCUT2D eigenvalue weighted by Gasteiger charge is -2.16. The maximum Gasteiger partial charge on any atom is 0.263 e. The molecule has 0 aliphatic carbocycles. The van der Waals surface area contributed by atoms with E-state index < -0.39 is 0 Å². The number of likely N-dealkylation sites (tertiary alicyclic amines) is 1. The second kappa shape index (κ2) is 9.16. The summed E-state index contributed by atoms with van der Waals surface area (Å²) in [7, 11) is 0. The summed E-state index contributed by atoms with van der Waals surface area (Å²) in [4.78, 5) is 27.5. The van der Waals surface area contributed by atoms with Gasteiger partial charge in [-0.1, -0.05) is 30.3 Å². The van der Waals surface area contributed by atoms with Crippen LogP contribution in [0.4, 0.5) is 0 Å². The van der Waals surface area contributed by atoms with E-state index >= 15 is 0 Å². The molecule has 0 saturated carbocycles. The molecule has 7 heteroatoms. The lowest BCUT2D eigenvalue weighted by molar-refractivity contribution is -0.119. The van der Waals surface area contributed by atoms with Gasteiger partial charge in [0, 0.05) is 30.8 Å². The molecular formula is C19H24ClN3O2S. The highest BCUT2D eigenvalue weighted by atomic mass is 35.5. The van der Waals surface area contributed by atoms with Gasteiger partial charge in [0.25, 0.3) is 5.91 Å². The Labute approximate surface area is 164 Å². The van der Waals surface area contributed by atoms with Crippen molar-refractivity contribution in [3.63, 3.8) is 0 Å². The number of benzene rings is 1. The van der Waals surface area contributed by atoms with Crippen LogP contribution in [0.1, 0.15) is 33.0 Å². The van der Waals surface area contributed by atoms with E-state index in [9.17, 15) is 9.59 Å². The number of hydrogen-bond acceptors (Lipinski definition) is 4. The number of rotatable bonds is 5. The normalized spacial score (nSPS) is 19.1. The first-order chi connectivity index (χ1) is 12.1. The van der Waals surface area contributed by atoms with Crippen LogP contribution in [0, 0.1) is 5.92 Å². The van der Waals surface area contributed by atoms with Crippen LogP contribution in [0.3, 0.4) is 0 Å². The zero-order chi connectivity index (χ0) is 17.8. The summed E-state index contributed by atoms with van der Waals surface area (Å²) in [5.41, 5.74) is 7.20. The van der Waals surface area contributed by atoms with E-state index in [1.807, 2.05) is 35.2 Å². The summed E-state index contributed by atoms with van der Waals surface area (Å²) in [6, 6.07) is 14.0. The van der Waals surface area contributed by atoms with Crippen LogP contribution in [-0.4, -0.2) is 36.3 Å². The van der Waals surface area contributed by atoms with Crippen LogP contribution < -0.4 is 11.1 Å². The Morgan fingerprint density at radius 3 is 2.58 bits per heavy atom. The third-order valence-electron chi connectivity index (χ3n) is 4.64. The van der Waals surface area contributed by atoms with Gasteiger partial charge in [-0.25, -0.2) is 0 Å². The van der Waals surface area contributed by atoms with Crippen LogP contribution in [0.25, 0.3) is 0 Å². The topological polar surface area (TPSA) is 75.4 Å². The minimum absolute atomic E-state index is 0. The van der Waals surface area contributed by atoms with Gasteiger partial charge in [-0.2, -0.15) is 0 Å². The second-order valence-electron chi connectivity index (χ2n) is 6.40. The van der Waals surface area contributed by atoms with E-state index in [1.54, 1.807) is 0 Å². The number of hydrogen-bond donors (Lipinski definition) is 2. The highest BCUT2D eigenvalue weighted by Gasteiger charge is 2.35. The average molecular weight is 394 g/mol. The van der Waals surface area contributed by atoms with Crippen molar-refractivity contribution in [2.75, 3.05) is 19.6 Å². The predicted octanol–water partition coefficient (Wildman–Crippen LogP) is 2.62. The number of carbonyl (C=O) groups excluding carboxylic acids is 2. The number of nitrogens with two attached hydrogens (primary N) is 1. The van der Waals surface area contributed by atoms with Crippen molar-refractivity contribution in [1.82, 2.24) is 10.2 Å². The third kappa shape index (κ3) is 4.63. The lowest BCUT2D eigenvalue weighted by Crippen LogP contribution is -2.29. The van der Waals surface area contributed by atoms with Gasteiger partial charge in [-0.15, -0.1) is 23.7 Å². The number of halogens is 1. The van der Waals surface area contributed by atoms with Gasteiger partial charge >= 0.3 is 0 Å². The summed E-state index contributed by atoms with van der Waals surface area (Å²) >= 11 is 1.44. The summed E-state index contributed by atoms with van der Waals surface area (Å²) in [6.07, 6.45) is 0.